The Morgan fingerprint density at radius 2 is 1.79 bits per heavy atom. The molecule has 4 nitrogen and oxygen atoms in total. The van der Waals surface area contributed by atoms with Crippen molar-refractivity contribution >= 4 is 28.3 Å². The minimum atomic E-state index is -0.579. The number of fused-ring (bicyclic) bond motifs is 1. The van der Waals surface area contributed by atoms with Crippen LogP contribution in [0.1, 0.15) is 12.8 Å². The van der Waals surface area contributed by atoms with Crippen LogP contribution in [0, 0.1) is 0 Å². The molecule has 1 fully saturated rings. The van der Waals surface area contributed by atoms with E-state index in [0.717, 1.165) is 10.8 Å². The van der Waals surface area contributed by atoms with Crippen LogP contribution in [0.4, 0.5) is 5.69 Å². The van der Waals surface area contributed by atoms with Crippen molar-refractivity contribution in [2.24, 2.45) is 5.73 Å². The van der Waals surface area contributed by atoms with Gasteiger partial charge in [0.15, 0.2) is 0 Å². The normalized spacial score (nSPS) is 20.1. The number of hydrogen-bond acceptors (Lipinski definition) is 3. The summed E-state index contributed by atoms with van der Waals surface area (Å²) >= 11 is 0. The summed E-state index contributed by atoms with van der Waals surface area (Å²) in [6, 6.07) is 12.8. The van der Waals surface area contributed by atoms with E-state index in [1.807, 2.05) is 36.4 Å². The van der Waals surface area contributed by atoms with Gasteiger partial charge in [0.1, 0.15) is 0 Å². The Bertz CT molecular complexity index is 666. The molecule has 0 aromatic heterocycles. The molecule has 1 heterocycles. The Balaban J connectivity index is 2.07. The summed E-state index contributed by atoms with van der Waals surface area (Å²) in [5.74, 6) is -0.492. The van der Waals surface area contributed by atoms with Gasteiger partial charge >= 0.3 is 0 Å². The van der Waals surface area contributed by atoms with Gasteiger partial charge in [-0.2, -0.15) is 0 Å². The monoisotopic (exact) mass is 254 g/mol. The minimum Gasteiger partial charge on any atom is -0.320 e. The van der Waals surface area contributed by atoms with Crippen LogP contribution in [0.25, 0.3) is 10.8 Å². The molecule has 0 unspecified atom stereocenters. The lowest BCUT2D eigenvalue weighted by Gasteiger charge is -2.28. The van der Waals surface area contributed by atoms with Gasteiger partial charge in [0.25, 0.3) is 5.91 Å². The molecular formula is C15H14N2O2. The predicted molar refractivity (Wildman–Crippen MR) is 73.7 cm³/mol. The van der Waals surface area contributed by atoms with Crippen molar-refractivity contribution in [3.63, 3.8) is 0 Å². The molecule has 0 spiro atoms. The lowest BCUT2D eigenvalue weighted by molar-refractivity contribution is -0.130. The molecular weight excluding hydrogens is 240 g/mol. The number of rotatable bonds is 1. The SMILES string of the molecule is N[C@H]1CCC(=O)N(c2ccc3ccccc3c2)C1=O. The summed E-state index contributed by atoms with van der Waals surface area (Å²) in [6.07, 6.45) is 0.751. The molecule has 19 heavy (non-hydrogen) atoms. The van der Waals surface area contributed by atoms with E-state index >= 15 is 0 Å². The van der Waals surface area contributed by atoms with Gasteiger partial charge in [-0.15, -0.1) is 0 Å². The van der Waals surface area contributed by atoms with Crippen LogP contribution in [0.15, 0.2) is 42.5 Å². The van der Waals surface area contributed by atoms with Gasteiger partial charge in [-0.1, -0.05) is 30.3 Å². The number of anilines is 1. The highest BCUT2D eigenvalue weighted by Gasteiger charge is 2.33. The molecule has 4 heteroatoms. The van der Waals surface area contributed by atoms with Crippen molar-refractivity contribution < 1.29 is 9.59 Å². The number of amides is 2. The van der Waals surface area contributed by atoms with E-state index in [0.29, 0.717) is 18.5 Å². The van der Waals surface area contributed by atoms with E-state index < -0.39 is 6.04 Å². The highest BCUT2D eigenvalue weighted by Crippen LogP contribution is 2.25. The molecule has 1 saturated heterocycles. The molecule has 0 aliphatic carbocycles. The highest BCUT2D eigenvalue weighted by molar-refractivity contribution is 6.18. The lowest BCUT2D eigenvalue weighted by atomic mass is 10.0. The fraction of sp³-hybridized carbons (Fsp3) is 0.200. The Hall–Kier alpha value is -2.20. The van der Waals surface area contributed by atoms with Gasteiger partial charge in [0, 0.05) is 6.42 Å². The molecule has 3 rings (SSSR count). The number of imide groups is 1. The first-order valence-electron chi connectivity index (χ1n) is 6.28. The summed E-state index contributed by atoms with van der Waals surface area (Å²) < 4.78 is 0. The predicted octanol–water partition coefficient (Wildman–Crippen LogP) is 1.82. The number of nitrogens with zero attached hydrogens (tertiary/aromatic N) is 1. The van der Waals surface area contributed by atoms with Gasteiger partial charge < -0.3 is 5.73 Å². The molecule has 96 valence electrons. The zero-order valence-electron chi connectivity index (χ0n) is 10.4. The van der Waals surface area contributed by atoms with Crippen LogP contribution in [0.3, 0.4) is 0 Å². The van der Waals surface area contributed by atoms with Crippen molar-refractivity contribution in [2.45, 2.75) is 18.9 Å². The summed E-state index contributed by atoms with van der Waals surface area (Å²) in [4.78, 5) is 25.2. The molecule has 2 N–H and O–H groups in total. The molecule has 1 aliphatic heterocycles. The Morgan fingerprint density at radius 1 is 1.05 bits per heavy atom. The van der Waals surface area contributed by atoms with Crippen molar-refractivity contribution in [3.05, 3.63) is 42.5 Å². The second kappa shape index (κ2) is 4.48. The van der Waals surface area contributed by atoms with E-state index in [-0.39, 0.29) is 11.8 Å². The number of carbonyl (C=O) groups excluding carboxylic acids is 2. The average molecular weight is 254 g/mol. The fourth-order valence-electron chi connectivity index (χ4n) is 2.39. The van der Waals surface area contributed by atoms with Crippen molar-refractivity contribution in [3.8, 4) is 0 Å². The molecule has 0 radical (unpaired) electrons. The van der Waals surface area contributed by atoms with E-state index in [2.05, 4.69) is 0 Å². The molecule has 1 atom stereocenters. The van der Waals surface area contributed by atoms with Gasteiger partial charge in [-0.25, -0.2) is 4.90 Å². The zero-order chi connectivity index (χ0) is 13.4. The second-order valence-corrected chi connectivity index (χ2v) is 4.74. The van der Waals surface area contributed by atoms with E-state index in [1.165, 1.54) is 4.90 Å². The van der Waals surface area contributed by atoms with Gasteiger partial charge in [0.2, 0.25) is 5.91 Å². The van der Waals surface area contributed by atoms with Crippen LogP contribution in [0.2, 0.25) is 0 Å². The first-order valence-corrected chi connectivity index (χ1v) is 6.28. The largest absolute Gasteiger partial charge is 0.320 e. The van der Waals surface area contributed by atoms with Crippen LogP contribution >= 0.6 is 0 Å². The third kappa shape index (κ3) is 2.00. The molecule has 1 aliphatic rings. The van der Waals surface area contributed by atoms with Gasteiger partial charge in [0.05, 0.1) is 11.7 Å². The maximum Gasteiger partial charge on any atom is 0.250 e. The Labute approximate surface area is 110 Å². The summed E-state index contributed by atoms with van der Waals surface area (Å²) in [5, 5.41) is 2.08. The maximum absolute atomic E-state index is 12.1. The maximum atomic E-state index is 12.1. The molecule has 0 saturated carbocycles. The number of hydrogen-bond donors (Lipinski definition) is 1. The van der Waals surface area contributed by atoms with Crippen LogP contribution < -0.4 is 10.6 Å². The van der Waals surface area contributed by atoms with E-state index in [1.54, 1.807) is 6.07 Å². The van der Waals surface area contributed by atoms with Crippen LogP contribution in [-0.4, -0.2) is 17.9 Å². The minimum absolute atomic E-state index is 0.179. The van der Waals surface area contributed by atoms with Crippen LogP contribution in [-0.2, 0) is 9.59 Å². The van der Waals surface area contributed by atoms with Gasteiger partial charge in [-0.3, -0.25) is 9.59 Å². The summed E-state index contributed by atoms with van der Waals surface area (Å²) in [5.41, 5.74) is 6.34. The summed E-state index contributed by atoms with van der Waals surface area (Å²) in [7, 11) is 0. The number of benzene rings is 2. The third-order valence-electron chi connectivity index (χ3n) is 3.45. The first-order chi connectivity index (χ1) is 9.16. The Morgan fingerprint density at radius 3 is 2.58 bits per heavy atom. The summed E-state index contributed by atoms with van der Waals surface area (Å²) in [6.45, 7) is 0. The highest BCUT2D eigenvalue weighted by atomic mass is 16.2. The van der Waals surface area contributed by atoms with Crippen molar-refractivity contribution in [1.29, 1.82) is 0 Å². The lowest BCUT2D eigenvalue weighted by Crippen LogP contribution is -2.51. The quantitative estimate of drug-likeness (QED) is 0.789. The molecule has 0 bridgehead atoms. The smallest absolute Gasteiger partial charge is 0.250 e. The zero-order valence-corrected chi connectivity index (χ0v) is 10.4. The first kappa shape index (κ1) is 11.9. The van der Waals surface area contributed by atoms with Crippen molar-refractivity contribution in [2.75, 3.05) is 4.90 Å². The molecule has 2 amide bonds. The van der Waals surface area contributed by atoms with E-state index in [9.17, 15) is 9.59 Å². The van der Waals surface area contributed by atoms with Crippen LogP contribution in [0.5, 0.6) is 0 Å². The Kier molecular flexibility index (Phi) is 2.80. The number of carbonyl (C=O) groups is 2. The molecule has 2 aromatic rings. The second-order valence-electron chi connectivity index (χ2n) is 4.74. The third-order valence-corrected chi connectivity index (χ3v) is 3.45. The van der Waals surface area contributed by atoms with Crippen molar-refractivity contribution in [1.82, 2.24) is 0 Å². The van der Waals surface area contributed by atoms with E-state index in [4.69, 9.17) is 5.73 Å². The number of piperidine rings is 1. The fourth-order valence-corrected chi connectivity index (χ4v) is 2.39. The standard InChI is InChI=1S/C15H14N2O2/c16-13-7-8-14(18)17(15(13)19)12-6-5-10-3-1-2-4-11(10)9-12/h1-6,9,13H,7-8,16H2/t13-/m0/s1. The molecule has 2 aromatic carbocycles. The van der Waals surface area contributed by atoms with Gasteiger partial charge in [-0.05, 0) is 29.3 Å². The topological polar surface area (TPSA) is 63.4 Å². The average Bonchev–Trinajstić information content (AvgIpc) is 2.43. The number of nitrogens with two attached hydrogens (primary N) is 1.